The lowest BCUT2D eigenvalue weighted by molar-refractivity contribution is 0.0595. The predicted octanol–water partition coefficient (Wildman–Crippen LogP) is 4.23. The zero-order chi connectivity index (χ0) is 16.4. The molecule has 116 valence electrons. The third-order valence-corrected chi connectivity index (χ3v) is 4.26. The lowest BCUT2D eigenvalue weighted by Crippen LogP contribution is -2.10. The summed E-state index contributed by atoms with van der Waals surface area (Å²) in [5.74, 6) is -0.156. The van der Waals surface area contributed by atoms with E-state index in [1.165, 1.54) is 7.11 Å². The van der Waals surface area contributed by atoms with E-state index in [4.69, 9.17) is 4.74 Å². The zero-order valence-corrected chi connectivity index (χ0v) is 14.2. The Bertz CT molecular complexity index is 896. The number of benzene rings is 2. The van der Waals surface area contributed by atoms with Crippen LogP contribution in [0.15, 0.2) is 46.9 Å². The van der Waals surface area contributed by atoms with Gasteiger partial charge in [-0.15, -0.1) is 0 Å². The van der Waals surface area contributed by atoms with E-state index < -0.39 is 5.97 Å². The fraction of sp³-hybridized carbons (Fsp3) is 0.118. The molecule has 1 N–H and O–H groups in total. The first-order valence-electron chi connectivity index (χ1n) is 6.97. The van der Waals surface area contributed by atoms with Crippen LogP contribution in [0.1, 0.15) is 16.1 Å². The quantitative estimate of drug-likeness (QED) is 0.697. The zero-order valence-electron chi connectivity index (χ0n) is 12.6. The Morgan fingerprint density at radius 3 is 2.48 bits per heavy atom. The van der Waals surface area contributed by atoms with Crippen LogP contribution in [0.4, 0.5) is 11.5 Å². The third-order valence-electron chi connectivity index (χ3n) is 3.37. The number of nitrogens with one attached hydrogen (secondary N) is 1. The second kappa shape index (κ2) is 6.34. The summed E-state index contributed by atoms with van der Waals surface area (Å²) in [6, 6.07) is 13.2. The van der Waals surface area contributed by atoms with Crippen molar-refractivity contribution in [2.45, 2.75) is 6.92 Å². The molecule has 0 fully saturated rings. The van der Waals surface area contributed by atoms with Gasteiger partial charge in [0.1, 0.15) is 0 Å². The topological polar surface area (TPSA) is 64.1 Å². The molecule has 5 nitrogen and oxygen atoms in total. The lowest BCUT2D eigenvalue weighted by atomic mass is 10.2. The summed E-state index contributed by atoms with van der Waals surface area (Å²) < 4.78 is 5.83. The average molecular weight is 372 g/mol. The molecule has 2 aromatic carbocycles. The number of rotatable bonds is 3. The molecule has 1 heterocycles. The van der Waals surface area contributed by atoms with Crippen molar-refractivity contribution in [3.63, 3.8) is 0 Å². The standard InChI is InChI=1S/C17H14BrN3O2/c1-10-9-11(7-8-12(10)18)19-16-15(17(22)23-2)20-13-5-3-4-6-14(13)21-16/h3-9H,1-2H3,(H,19,21). The van der Waals surface area contributed by atoms with Gasteiger partial charge in [0.25, 0.3) is 0 Å². The number of aromatic nitrogens is 2. The van der Waals surface area contributed by atoms with Gasteiger partial charge in [-0.2, -0.15) is 0 Å². The maximum absolute atomic E-state index is 12.0. The van der Waals surface area contributed by atoms with Crippen LogP contribution in [-0.2, 0) is 4.74 Å². The normalized spacial score (nSPS) is 10.6. The molecule has 0 atom stereocenters. The number of hydrogen-bond donors (Lipinski definition) is 1. The monoisotopic (exact) mass is 371 g/mol. The first kappa shape index (κ1) is 15.4. The van der Waals surface area contributed by atoms with Gasteiger partial charge in [-0.05, 0) is 42.8 Å². The number of fused-ring (bicyclic) bond motifs is 1. The molecule has 0 bridgehead atoms. The summed E-state index contributed by atoms with van der Waals surface area (Å²) in [4.78, 5) is 20.9. The van der Waals surface area contributed by atoms with Gasteiger partial charge < -0.3 is 10.1 Å². The number of anilines is 2. The third kappa shape index (κ3) is 3.17. The Morgan fingerprint density at radius 1 is 1.13 bits per heavy atom. The van der Waals surface area contributed by atoms with Crippen molar-refractivity contribution in [2.24, 2.45) is 0 Å². The Kier molecular flexibility index (Phi) is 4.25. The molecule has 0 amide bonds. The van der Waals surface area contributed by atoms with Crippen LogP contribution in [0, 0.1) is 6.92 Å². The highest BCUT2D eigenvalue weighted by Gasteiger charge is 2.17. The molecule has 0 aliphatic carbocycles. The van der Waals surface area contributed by atoms with Crippen molar-refractivity contribution < 1.29 is 9.53 Å². The second-order valence-electron chi connectivity index (χ2n) is 4.99. The summed E-state index contributed by atoms with van der Waals surface area (Å²) in [6.07, 6.45) is 0. The molecular formula is C17H14BrN3O2. The molecule has 0 saturated heterocycles. The number of carbonyl (C=O) groups is 1. The van der Waals surface area contributed by atoms with Crippen molar-refractivity contribution in [3.8, 4) is 0 Å². The van der Waals surface area contributed by atoms with E-state index >= 15 is 0 Å². The van der Waals surface area contributed by atoms with E-state index in [1.54, 1.807) is 0 Å². The van der Waals surface area contributed by atoms with Gasteiger partial charge >= 0.3 is 5.97 Å². The van der Waals surface area contributed by atoms with E-state index in [2.05, 4.69) is 31.2 Å². The summed E-state index contributed by atoms with van der Waals surface area (Å²) in [6.45, 7) is 1.99. The lowest BCUT2D eigenvalue weighted by Gasteiger charge is -2.11. The number of methoxy groups -OCH3 is 1. The number of halogens is 1. The van der Waals surface area contributed by atoms with Gasteiger partial charge in [-0.25, -0.2) is 14.8 Å². The second-order valence-corrected chi connectivity index (χ2v) is 5.84. The smallest absolute Gasteiger partial charge is 0.360 e. The summed E-state index contributed by atoms with van der Waals surface area (Å²) in [7, 11) is 1.33. The molecule has 0 radical (unpaired) electrons. The number of hydrogen-bond acceptors (Lipinski definition) is 5. The molecule has 0 saturated carbocycles. The van der Waals surface area contributed by atoms with Crippen molar-refractivity contribution in [1.82, 2.24) is 9.97 Å². The Labute approximate surface area is 141 Å². The number of nitrogens with zero attached hydrogens (tertiary/aromatic N) is 2. The maximum atomic E-state index is 12.0. The van der Waals surface area contributed by atoms with Crippen molar-refractivity contribution in [3.05, 3.63) is 58.2 Å². The molecule has 3 rings (SSSR count). The van der Waals surface area contributed by atoms with Gasteiger partial charge in [0.2, 0.25) is 0 Å². The van der Waals surface area contributed by atoms with Crippen LogP contribution < -0.4 is 5.32 Å². The maximum Gasteiger partial charge on any atom is 0.360 e. The van der Waals surface area contributed by atoms with Crippen LogP contribution in [0.2, 0.25) is 0 Å². The number of para-hydroxylation sites is 2. The summed E-state index contributed by atoms with van der Waals surface area (Å²) >= 11 is 3.47. The molecule has 0 aliphatic heterocycles. The van der Waals surface area contributed by atoms with E-state index in [0.717, 1.165) is 15.7 Å². The van der Waals surface area contributed by atoms with E-state index in [9.17, 15) is 4.79 Å². The highest BCUT2D eigenvalue weighted by Crippen LogP contribution is 2.25. The molecule has 23 heavy (non-hydrogen) atoms. The van der Waals surface area contributed by atoms with Crippen LogP contribution in [-0.4, -0.2) is 23.0 Å². The fourth-order valence-corrected chi connectivity index (χ4v) is 2.43. The molecular weight excluding hydrogens is 358 g/mol. The number of esters is 1. The molecule has 6 heteroatoms. The minimum atomic E-state index is -0.528. The first-order valence-corrected chi connectivity index (χ1v) is 7.76. The van der Waals surface area contributed by atoms with Crippen LogP contribution >= 0.6 is 15.9 Å². The summed E-state index contributed by atoms with van der Waals surface area (Å²) in [5.41, 5.74) is 3.40. The predicted molar refractivity (Wildman–Crippen MR) is 93.0 cm³/mol. The van der Waals surface area contributed by atoms with E-state index in [1.807, 2.05) is 49.4 Å². The van der Waals surface area contributed by atoms with E-state index in [-0.39, 0.29) is 5.69 Å². The van der Waals surface area contributed by atoms with Gasteiger partial charge in [-0.1, -0.05) is 28.1 Å². The Hall–Kier alpha value is -2.47. The van der Waals surface area contributed by atoms with Gasteiger partial charge in [0.05, 0.1) is 18.1 Å². The average Bonchev–Trinajstić information content (AvgIpc) is 2.57. The van der Waals surface area contributed by atoms with Crippen molar-refractivity contribution in [2.75, 3.05) is 12.4 Å². The van der Waals surface area contributed by atoms with Crippen LogP contribution in [0.5, 0.6) is 0 Å². The van der Waals surface area contributed by atoms with Gasteiger partial charge in [0, 0.05) is 10.2 Å². The van der Waals surface area contributed by atoms with Gasteiger partial charge in [-0.3, -0.25) is 0 Å². The molecule has 1 aromatic heterocycles. The molecule has 0 spiro atoms. The number of ether oxygens (including phenoxy) is 1. The Balaban J connectivity index is 2.10. The van der Waals surface area contributed by atoms with Crippen LogP contribution in [0.25, 0.3) is 11.0 Å². The van der Waals surface area contributed by atoms with E-state index in [0.29, 0.717) is 16.9 Å². The molecule has 3 aromatic rings. The largest absolute Gasteiger partial charge is 0.464 e. The number of carbonyl (C=O) groups excluding carboxylic acids is 1. The highest BCUT2D eigenvalue weighted by molar-refractivity contribution is 9.10. The minimum absolute atomic E-state index is 0.159. The molecule has 0 unspecified atom stereocenters. The first-order chi connectivity index (χ1) is 11.1. The Morgan fingerprint density at radius 2 is 1.83 bits per heavy atom. The summed E-state index contributed by atoms with van der Waals surface area (Å²) in [5, 5.41) is 3.15. The molecule has 0 aliphatic rings. The minimum Gasteiger partial charge on any atom is -0.464 e. The highest BCUT2D eigenvalue weighted by atomic mass is 79.9. The van der Waals surface area contributed by atoms with Crippen molar-refractivity contribution >= 4 is 44.4 Å². The number of aryl methyl sites for hydroxylation is 1. The van der Waals surface area contributed by atoms with Gasteiger partial charge in [0.15, 0.2) is 11.5 Å². The fourth-order valence-electron chi connectivity index (χ4n) is 2.19. The SMILES string of the molecule is COC(=O)c1nc2ccccc2nc1Nc1ccc(Br)c(C)c1. The van der Waals surface area contributed by atoms with Crippen molar-refractivity contribution in [1.29, 1.82) is 0 Å². The van der Waals surface area contributed by atoms with Crippen LogP contribution in [0.3, 0.4) is 0 Å².